The summed E-state index contributed by atoms with van der Waals surface area (Å²) in [4.78, 5) is 15.8. The van der Waals surface area contributed by atoms with E-state index in [1.54, 1.807) is 38.2 Å². The molecule has 0 atom stereocenters. The Hall–Kier alpha value is -2.34. The normalized spacial score (nSPS) is 11.5. The molecule has 0 amide bonds. The molecule has 2 aromatic rings. The van der Waals surface area contributed by atoms with Crippen LogP contribution in [0.1, 0.15) is 34.0 Å². The van der Waals surface area contributed by atoms with Crippen molar-refractivity contribution in [3.8, 4) is 0 Å². The van der Waals surface area contributed by atoms with Gasteiger partial charge in [-0.25, -0.2) is 4.79 Å². The summed E-state index contributed by atoms with van der Waals surface area (Å²) >= 11 is 0. The van der Waals surface area contributed by atoms with Crippen LogP contribution in [-0.4, -0.2) is 38.4 Å². The average Bonchev–Trinajstić information content (AvgIpc) is 2.74. The summed E-state index contributed by atoms with van der Waals surface area (Å²) in [6.07, 6.45) is -4.32. The lowest BCUT2D eigenvalue weighted by molar-refractivity contribution is -0.176. The first-order valence-electron chi connectivity index (χ1n) is 9.73. The maximum Gasteiger partial charge on any atom is 0.411 e. The number of hydrogen-bond donors (Lipinski definition) is 2. The number of nitrogens with one attached hydrogen (secondary N) is 2. The highest BCUT2D eigenvalue weighted by molar-refractivity contribution is 14.0. The smallest absolute Gasteiger partial charge is 0.411 e. The van der Waals surface area contributed by atoms with Crippen LogP contribution in [0.5, 0.6) is 0 Å². The molecule has 176 valence electrons. The Kier molecular flexibility index (Phi) is 12.1. The quantitative estimate of drug-likeness (QED) is 0.204. The minimum atomic E-state index is -4.32. The Morgan fingerprint density at radius 3 is 1.91 bits per heavy atom. The van der Waals surface area contributed by atoms with Gasteiger partial charge in [-0.15, -0.1) is 24.0 Å². The van der Waals surface area contributed by atoms with E-state index in [-0.39, 0.29) is 36.6 Å². The van der Waals surface area contributed by atoms with E-state index in [4.69, 9.17) is 4.74 Å². The molecule has 0 aliphatic heterocycles. The molecular weight excluding hydrogens is 538 g/mol. The molecule has 0 spiro atoms. The largest absolute Gasteiger partial charge is 0.462 e. The first-order chi connectivity index (χ1) is 14.8. The molecule has 0 aliphatic rings. The van der Waals surface area contributed by atoms with Gasteiger partial charge < -0.3 is 20.1 Å². The van der Waals surface area contributed by atoms with Gasteiger partial charge in [-0.05, 0) is 35.7 Å². The van der Waals surface area contributed by atoms with Crippen molar-refractivity contribution in [3.05, 3.63) is 70.8 Å². The second-order valence-electron chi connectivity index (χ2n) is 6.62. The summed E-state index contributed by atoms with van der Waals surface area (Å²) in [5.74, 6) is 0.240. The highest BCUT2D eigenvalue weighted by atomic mass is 127. The molecule has 0 saturated carbocycles. The maximum atomic E-state index is 12.1. The van der Waals surface area contributed by atoms with Crippen molar-refractivity contribution in [1.82, 2.24) is 10.6 Å². The molecule has 6 nitrogen and oxygen atoms in total. The first kappa shape index (κ1) is 27.7. The van der Waals surface area contributed by atoms with E-state index in [1.165, 1.54) is 0 Å². The number of esters is 1. The fourth-order valence-corrected chi connectivity index (χ4v) is 2.60. The first-order valence-corrected chi connectivity index (χ1v) is 9.73. The summed E-state index contributed by atoms with van der Waals surface area (Å²) in [6.45, 7) is 1.74. The van der Waals surface area contributed by atoms with E-state index in [0.717, 1.165) is 11.1 Å². The van der Waals surface area contributed by atoms with Gasteiger partial charge in [-0.2, -0.15) is 13.2 Å². The fourth-order valence-electron chi connectivity index (χ4n) is 2.60. The van der Waals surface area contributed by atoms with E-state index >= 15 is 0 Å². The highest BCUT2D eigenvalue weighted by Crippen LogP contribution is 2.16. The molecule has 2 rings (SSSR count). The second kappa shape index (κ2) is 13.9. The number of alkyl halides is 3. The van der Waals surface area contributed by atoms with Crippen LogP contribution in [0.3, 0.4) is 0 Å². The summed E-state index contributed by atoms with van der Waals surface area (Å²) in [5, 5.41) is 6.35. The van der Waals surface area contributed by atoms with E-state index in [9.17, 15) is 18.0 Å². The Morgan fingerprint density at radius 2 is 1.44 bits per heavy atom. The Bertz CT molecular complexity index is 857. The molecule has 0 heterocycles. The topological polar surface area (TPSA) is 72.0 Å². The molecule has 0 bridgehead atoms. The third-order valence-electron chi connectivity index (χ3n) is 4.17. The molecule has 0 unspecified atom stereocenters. The van der Waals surface area contributed by atoms with Crippen LogP contribution in [0.2, 0.25) is 0 Å². The SMILES string of the molecule is CCOC(=O)c1ccc(CNC(=NC)NCc2ccc(COCC(F)(F)F)cc2)cc1.I. The van der Waals surface area contributed by atoms with Crippen molar-refractivity contribution in [2.75, 3.05) is 20.3 Å². The Balaban J connectivity index is 0.00000512. The number of rotatable bonds is 9. The number of nitrogens with zero attached hydrogens (tertiary/aromatic N) is 1. The van der Waals surface area contributed by atoms with Gasteiger partial charge in [0.1, 0.15) is 6.61 Å². The third kappa shape index (κ3) is 10.3. The minimum absolute atomic E-state index is 0. The minimum Gasteiger partial charge on any atom is -0.462 e. The summed E-state index contributed by atoms with van der Waals surface area (Å²) in [7, 11) is 1.65. The second-order valence-corrected chi connectivity index (χ2v) is 6.62. The number of ether oxygens (including phenoxy) is 2. The van der Waals surface area contributed by atoms with Crippen molar-refractivity contribution >= 4 is 35.9 Å². The molecule has 10 heteroatoms. The van der Waals surface area contributed by atoms with Crippen LogP contribution < -0.4 is 10.6 Å². The molecule has 0 aromatic heterocycles. The summed E-state index contributed by atoms with van der Waals surface area (Å²) in [5.41, 5.74) is 3.09. The van der Waals surface area contributed by atoms with Crippen LogP contribution in [0, 0.1) is 0 Å². The number of aliphatic imine (C=N–C) groups is 1. The van der Waals surface area contributed by atoms with Crippen molar-refractivity contribution in [2.45, 2.75) is 32.8 Å². The number of halogens is 4. The van der Waals surface area contributed by atoms with Crippen LogP contribution >= 0.6 is 24.0 Å². The monoisotopic (exact) mass is 565 g/mol. The zero-order valence-corrected chi connectivity index (χ0v) is 20.2. The zero-order chi connectivity index (χ0) is 22.7. The van der Waals surface area contributed by atoms with E-state index in [2.05, 4.69) is 20.4 Å². The summed E-state index contributed by atoms with van der Waals surface area (Å²) < 4.78 is 45.9. The molecule has 0 saturated heterocycles. The molecule has 2 aromatic carbocycles. The van der Waals surface area contributed by atoms with Crippen molar-refractivity contribution in [2.24, 2.45) is 4.99 Å². The molecule has 0 aliphatic carbocycles. The predicted molar refractivity (Wildman–Crippen MR) is 127 cm³/mol. The summed E-state index contributed by atoms with van der Waals surface area (Å²) in [6, 6.07) is 14.2. The van der Waals surface area contributed by atoms with Crippen LogP contribution in [0.25, 0.3) is 0 Å². The lowest BCUT2D eigenvalue weighted by Crippen LogP contribution is -2.36. The standard InChI is InChI=1S/C22H26F3N3O3.HI/c1-3-31-20(29)19-10-8-17(9-11-19)13-28-21(26-2)27-12-16-4-6-18(7-5-16)14-30-15-22(23,24)25;/h4-11H,3,12-15H2,1-2H3,(H2,26,27,28);1H. The van der Waals surface area contributed by atoms with Gasteiger partial charge in [0.25, 0.3) is 0 Å². The predicted octanol–water partition coefficient (Wildman–Crippen LogP) is 4.43. The lowest BCUT2D eigenvalue weighted by Gasteiger charge is -2.13. The zero-order valence-electron chi connectivity index (χ0n) is 17.9. The number of carbonyl (C=O) groups excluding carboxylic acids is 1. The number of benzene rings is 2. The van der Waals surface area contributed by atoms with Crippen molar-refractivity contribution in [1.29, 1.82) is 0 Å². The van der Waals surface area contributed by atoms with Gasteiger partial charge in [-0.1, -0.05) is 36.4 Å². The van der Waals surface area contributed by atoms with Gasteiger partial charge in [0, 0.05) is 20.1 Å². The Labute approximate surface area is 202 Å². The molecule has 32 heavy (non-hydrogen) atoms. The van der Waals surface area contributed by atoms with Gasteiger partial charge in [0.05, 0.1) is 18.8 Å². The van der Waals surface area contributed by atoms with Gasteiger partial charge in [0.2, 0.25) is 0 Å². The van der Waals surface area contributed by atoms with Crippen LogP contribution in [0.15, 0.2) is 53.5 Å². The van der Waals surface area contributed by atoms with Gasteiger partial charge in [0.15, 0.2) is 5.96 Å². The van der Waals surface area contributed by atoms with Gasteiger partial charge in [-0.3, -0.25) is 4.99 Å². The fraction of sp³-hybridized carbons (Fsp3) is 0.364. The molecular formula is C22H27F3IN3O3. The maximum absolute atomic E-state index is 12.1. The molecule has 2 N–H and O–H groups in total. The number of hydrogen-bond acceptors (Lipinski definition) is 4. The Morgan fingerprint density at radius 1 is 0.938 bits per heavy atom. The van der Waals surface area contributed by atoms with E-state index in [0.29, 0.717) is 36.8 Å². The van der Waals surface area contributed by atoms with Crippen LogP contribution in [-0.2, 0) is 29.2 Å². The number of guanidine groups is 1. The molecule has 0 radical (unpaired) electrons. The average molecular weight is 565 g/mol. The van der Waals surface area contributed by atoms with Crippen molar-refractivity contribution in [3.63, 3.8) is 0 Å². The van der Waals surface area contributed by atoms with E-state index in [1.807, 2.05) is 24.3 Å². The van der Waals surface area contributed by atoms with Crippen molar-refractivity contribution < 1.29 is 27.4 Å². The lowest BCUT2D eigenvalue weighted by atomic mass is 10.1. The highest BCUT2D eigenvalue weighted by Gasteiger charge is 2.27. The van der Waals surface area contributed by atoms with E-state index < -0.39 is 12.8 Å². The molecule has 0 fully saturated rings. The number of carbonyl (C=O) groups is 1. The third-order valence-corrected chi connectivity index (χ3v) is 4.17. The van der Waals surface area contributed by atoms with Crippen LogP contribution in [0.4, 0.5) is 13.2 Å². The van der Waals surface area contributed by atoms with Gasteiger partial charge >= 0.3 is 12.1 Å².